The highest BCUT2D eigenvalue weighted by molar-refractivity contribution is 5.72. The van der Waals surface area contributed by atoms with Gasteiger partial charge in [0.25, 0.3) is 0 Å². The minimum Gasteiger partial charge on any atom is -0.244 e. The zero-order valence-electron chi connectivity index (χ0n) is 10.2. The third-order valence-corrected chi connectivity index (χ3v) is 2.94. The topological polar surface area (TPSA) is 43.6 Å². The number of hydrogen-bond donors (Lipinski definition) is 0. The Hall–Kier alpha value is -2.44. The van der Waals surface area contributed by atoms with E-state index in [9.17, 15) is 13.2 Å². The quantitative estimate of drug-likeness (QED) is 0.724. The van der Waals surface area contributed by atoms with Crippen molar-refractivity contribution in [3.05, 3.63) is 54.1 Å². The highest BCUT2D eigenvalue weighted by Crippen LogP contribution is 2.32. The molecule has 0 spiro atoms. The van der Waals surface area contributed by atoms with Crippen molar-refractivity contribution < 1.29 is 13.2 Å². The van der Waals surface area contributed by atoms with Gasteiger partial charge in [-0.05, 0) is 11.6 Å². The average molecular weight is 278 g/mol. The first kappa shape index (κ1) is 12.6. The second-order valence-electron chi connectivity index (χ2n) is 4.26. The fraction of sp³-hybridized carbons (Fsp3) is 0.154. The van der Waals surface area contributed by atoms with Crippen LogP contribution in [0.25, 0.3) is 11.0 Å². The Bertz CT molecular complexity index is 748. The molecule has 4 nitrogen and oxygen atoms in total. The van der Waals surface area contributed by atoms with Gasteiger partial charge in [0.1, 0.15) is 6.33 Å². The van der Waals surface area contributed by atoms with Crippen molar-refractivity contribution in [2.24, 2.45) is 0 Å². The predicted molar refractivity (Wildman–Crippen MR) is 65.9 cm³/mol. The fourth-order valence-electron chi connectivity index (χ4n) is 2.04. The van der Waals surface area contributed by atoms with Crippen molar-refractivity contribution in [3.63, 3.8) is 0 Å². The lowest BCUT2D eigenvalue weighted by atomic mass is 10.1. The highest BCUT2D eigenvalue weighted by Gasteiger charge is 2.33. The van der Waals surface area contributed by atoms with Gasteiger partial charge in [0.05, 0.1) is 23.7 Å². The molecule has 3 rings (SSSR count). The Morgan fingerprint density at radius 3 is 2.70 bits per heavy atom. The third kappa shape index (κ3) is 2.22. The summed E-state index contributed by atoms with van der Waals surface area (Å²) in [6.45, 7) is 0.0101. The molecule has 0 aliphatic heterocycles. The number of aromatic nitrogens is 4. The second kappa shape index (κ2) is 4.59. The SMILES string of the molecule is FC(F)(F)c1ccccc1Cn1ncc2cncnc21. The van der Waals surface area contributed by atoms with Gasteiger partial charge in [0.2, 0.25) is 0 Å². The molecule has 7 heteroatoms. The van der Waals surface area contributed by atoms with Gasteiger partial charge in [0, 0.05) is 6.20 Å². The molecular formula is C13H9F3N4. The maximum Gasteiger partial charge on any atom is 0.416 e. The van der Waals surface area contributed by atoms with Crippen LogP contribution in [0.2, 0.25) is 0 Å². The highest BCUT2D eigenvalue weighted by atomic mass is 19.4. The monoisotopic (exact) mass is 278 g/mol. The van der Waals surface area contributed by atoms with E-state index in [1.165, 1.54) is 29.3 Å². The lowest BCUT2D eigenvalue weighted by Crippen LogP contribution is -2.12. The molecule has 0 bridgehead atoms. The molecule has 0 N–H and O–H groups in total. The van der Waals surface area contributed by atoms with Crippen molar-refractivity contribution in [2.45, 2.75) is 12.7 Å². The van der Waals surface area contributed by atoms with Crippen molar-refractivity contribution in [1.82, 2.24) is 19.7 Å². The van der Waals surface area contributed by atoms with E-state index >= 15 is 0 Å². The first-order valence-electron chi connectivity index (χ1n) is 5.82. The zero-order valence-corrected chi connectivity index (χ0v) is 10.2. The van der Waals surface area contributed by atoms with Gasteiger partial charge in [-0.15, -0.1) is 0 Å². The molecule has 102 valence electrons. The van der Waals surface area contributed by atoms with Crippen LogP contribution in [0.3, 0.4) is 0 Å². The van der Waals surface area contributed by atoms with Crippen LogP contribution in [0.4, 0.5) is 13.2 Å². The number of benzene rings is 1. The van der Waals surface area contributed by atoms with Crippen LogP contribution >= 0.6 is 0 Å². The van der Waals surface area contributed by atoms with Gasteiger partial charge in [-0.2, -0.15) is 18.3 Å². The first-order valence-corrected chi connectivity index (χ1v) is 5.82. The molecule has 0 amide bonds. The summed E-state index contributed by atoms with van der Waals surface area (Å²) in [6, 6.07) is 5.45. The van der Waals surface area contributed by atoms with Crippen molar-refractivity contribution in [3.8, 4) is 0 Å². The maximum atomic E-state index is 12.9. The van der Waals surface area contributed by atoms with Crippen molar-refractivity contribution in [2.75, 3.05) is 0 Å². The summed E-state index contributed by atoms with van der Waals surface area (Å²) in [7, 11) is 0. The van der Waals surface area contributed by atoms with Gasteiger partial charge in [0.15, 0.2) is 5.65 Å². The lowest BCUT2D eigenvalue weighted by Gasteiger charge is -2.12. The molecule has 0 atom stereocenters. The Labute approximate surface area is 111 Å². The molecule has 0 unspecified atom stereocenters. The summed E-state index contributed by atoms with van der Waals surface area (Å²) in [5, 5.41) is 4.75. The summed E-state index contributed by atoms with van der Waals surface area (Å²) < 4.78 is 40.2. The molecule has 3 aromatic rings. The van der Waals surface area contributed by atoms with Crippen LogP contribution in [0.5, 0.6) is 0 Å². The van der Waals surface area contributed by atoms with E-state index in [1.54, 1.807) is 12.3 Å². The number of alkyl halides is 3. The van der Waals surface area contributed by atoms with Gasteiger partial charge < -0.3 is 0 Å². The normalized spacial score (nSPS) is 11.9. The molecule has 0 radical (unpaired) electrons. The van der Waals surface area contributed by atoms with E-state index < -0.39 is 11.7 Å². The molecule has 0 fully saturated rings. The maximum absolute atomic E-state index is 12.9. The third-order valence-electron chi connectivity index (χ3n) is 2.94. The predicted octanol–water partition coefficient (Wildman–Crippen LogP) is 2.89. The molecule has 1 aromatic carbocycles. The number of hydrogen-bond acceptors (Lipinski definition) is 3. The fourth-order valence-corrected chi connectivity index (χ4v) is 2.04. The van der Waals surface area contributed by atoms with E-state index in [2.05, 4.69) is 15.1 Å². The smallest absolute Gasteiger partial charge is 0.244 e. The van der Waals surface area contributed by atoms with E-state index in [0.29, 0.717) is 11.0 Å². The van der Waals surface area contributed by atoms with Crippen LogP contribution in [0.1, 0.15) is 11.1 Å². The Morgan fingerprint density at radius 2 is 1.90 bits per heavy atom. The largest absolute Gasteiger partial charge is 0.416 e. The molecular weight excluding hydrogens is 269 g/mol. The zero-order chi connectivity index (χ0) is 14.2. The Balaban J connectivity index is 2.04. The summed E-state index contributed by atoms with van der Waals surface area (Å²) in [5.41, 5.74) is 0.0123. The van der Waals surface area contributed by atoms with Gasteiger partial charge in [-0.3, -0.25) is 0 Å². The number of fused-ring (bicyclic) bond motifs is 1. The van der Waals surface area contributed by atoms with Crippen LogP contribution < -0.4 is 0 Å². The summed E-state index contributed by atoms with van der Waals surface area (Å²) >= 11 is 0. The molecule has 0 saturated heterocycles. The van der Waals surface area contributed by atoms with Gasteiger partial charge in [-0.1, -0.05) is 18.2 Å². The number of halogens is 3. The summed E-state index contributed by atoms with van der Waals surface area (Å²) in [5.74, 6) is 0. The molecule has 0 aliphatic rings. The minimum absolute atomic E-state index is 0.0101. The minimum atomic E-state index is -4.38. The number of rotatable bonds is 2. The van der Waals surface area contributed by atoms with E-state index in [1.807, 2.05) is 0 Å². The molecule has 2 heterocycles. The standard InChI is InChI=1S/C13H9F3N4/c14-13(15,16)11-4-2-1-3-9(11)7-20-12-10(6-19-20)5-17-8-18-12/h1-6,8H,7H2. The Kier molecular flexibility index (Phi) is 2.89. The second-order valence-corrected chi connectivity index (χ2v) is 4.26. The molecule has 0 saturated carbocycles. The summed E-state index contributed by atoms with van der Waals surface area (Å²) in [6.07, 6.45) is 0.0672. The average Bonchev–Trinajstić information content (AvgIpc) is 2.82. The molecule has 20 heavy (non-hydrogen) atoms. The van der Waals surface area contributed by atoms with Crippen LogP contribution in [-0.2, 0) is 12.7 Å². The first-order chi connectivity index (χ1) is 9.55. The van der Waals surface area contributed by atoms with Crippen molar-refractivity contribution >= 4 is 11.0 Å². The van der Waals surface area contributed by atoms with E-state index in [-0.39, 0.29) is 12.1 Å². The number of nitrogens with zero attached hydrogens (tertiary/aromatic N) is 4. The lowest BCUT2D eigenvalue weighted by molar-refractivity contribution is -0.138. The Morgan fingerprint density at radius 1 is 1.10 bits per heavy atom. The van der Waals surface area contributed by atoms with Gasteiger partial charge in [-0.25, -0.2) is 14.6 Å². The van der Waals surface area contributed by atoms with Gasteiger partial charge >= 0.3 is 6.18 Å². The van der Waals surface area contributed by atoms with Crippen LogP contribution in [0, 0.1) is 0 Å². The van der Waals surface area contributed by atoms with Crippen LogP contribution in [0.15, 0.2) is 43.0 Å². The molecule has 2 aromatic heterocycles. The molecule has 0 aliphatic carbocycles. The summed E-state index contributed by atoms with van der Waals surface area (Å²) in [4.78, 5) is 7.88. The van der Waals surface area contributed by atoms with E-state index in [4.69, 9.17) is 0 Å². The van der Waals surface area contributed by atoms with E-state index in [0.717, 1.165) is 6.07 Å². The van der Waals surface area contributed by atoms with Crippen LogP contribution in [-0.4, -0.2) is 19.7 Å². The van der Waals surface area contributed by atoms with Crippen molar-refractivity contribution in [1.29, 1.82) is 0 Å².